The summed E-state index contributed by atoms with van der Waals surface area (Å²) in [6.07, 6.45) is 3.00. The van der Waals surface area contributed by atoms with Crippen molar-refractivity contribution < 1.29 is 14.3 Å². The quantitative estimate of drug-likeness (QED) is 0.742. The fourth-order valence-electron chi connectivity index (χ4n) is 6.16. The second kappa shape index (κ2) is 4.95. The molecule has 0 spiro atoms. The first-order valence-electron chi connectivity index (χ1n) is 9.60. The molecule has 3 fully saturated rings. The molecular weight excluding hydrogens is 316 g/mol. The van der Waals surface area contributed by atoms with Gasteiger partial charge in [0.05, 0.1) is 12.2 Å². The Bertz CT molecular complexity index is 562. The summed E-state index contributed by atoms with van der Waals surface area (Å²) in [6.45, 7) is 18.2. The average molecular weight is 353 g/mol. The van der Waals surface area contributed by atoms with Crippen LogP contribution in [0.1, 0.15) is 67.2 Å². The summed E-state index contributed by atoms with van der Waals surface area (Å²) in [5.74, 6) is 0.534. The summed E-state index contributed by atoms with van der Waals surface area (Å²) in [4.78, 5) is 13.1. The van der Waals surface area contributed by atoms with Gasteiger partial charge in [0, 0.05) is 17.3 Å². The monoisotopic (exact) mass is 352 g/mol. The number of carbonyl (C=O) groups is 1. The zero-order chi connectivity index (χ0) is 18.3. The van der Waals surface area contributed by atoms with E-state index in [0.717, 1.165) is 12.8 Å². The van der Waals surface area contributed by atoms with Crippen molar-refractivity contribution in [2.75, 3.05) is 0 Å². The number of rotatable bonds is 2. The molecule has 0 saturated heterocycles. The van der Waals surface area contributed by atoms with Gasteiger partial charge in [-0.1, -0.05) is 41.5 Å². The van der Waals surface area contributed by atoms with Crippen LogP contribution in [-0.2, 0) is 9.22 Å². The molecule has 138 valence electrons. The van der Waals surface area contributed by atoms with Gasteiger partial charge < -0.3 is 9.53 Å². The molecular formula is C20H36O3Si. The lowest BCUT2D eigenvalue weighted by molar-refractivity contribution is -0.163. The molecule has 0 heterocycles. The van der Waals surface area contributed by atoms with Crippen molar-refractivity contribution in [3.63, 3.8) is 0 Å². The second-order valence-electron chi connectivity index (χ2n) is 11.0. The molecule has 5 atom stereocenters. The van der Waals surface area contributed by atoms with E-state index in [4.69, 9.17) is 4.43 Å². The number of Topliss-reactive ketones (excluding diaryl/α,β-unsaturated/α-hetero) is 1. The molecule has 0 unspecified atom stereocenters. The van der Waals surface area contributed by atoms with Crippen LogP contribution in [0.4, 0.5) is 0 Å². The second-order valence-corrected chi connectivity index (χ2v) is 15.7. The van der Waals surface area contributed by atoms with E-state index in [1.807, 2.05) is 0 Å². The number of carbonyl (C=O) groups excluding carboxylic acids is 1. The summed E-state index contributed by atoms with van der Waals surface area (Å²) >= 11 is 0. The number of hydrogen-bond donors (Lipinski definition) is 1. The highest BCUT2D eigenvalue weighted by atomic mass is 28.4. The largest absolute Gasteiger partial charge is 0.413 e. The van der Waals surface area contributed by atoms with E-state index in [2.05, 4.69) is 54.6 Å². The predicted octanol–water partition coefficient (Wildman–Crippen LogP) is 4.54. The third kappa shape index (κ3) is 1.99. The normalized spacial score (nSPS) is 44.7. The van der Waals surface area contributed by atoms with Gasteiger partial charge in [-0.15, -0.1) is 0 Å². The minimum atomic E-state index is -1.89. The zero-order valence-corrected chi connectivity index (χ0v) is 17.8. The van der Waals surface area contributed by atoms with Crippen molar-refractivity contribution in [3.05, 3.63) is 0 Å². The van der Waals surface area contributed by atoms with Gasteiger partial charge in [0.1, 0.15) is 5.78 Å². The minimum absolute atomic E-state index is 0.0553. The van der Waals surface area contributed by atoms with E-state index in [0.29, 0.717) is 18.6 Å². The van der Waals surface area contributed by atoms with Crippen LogP contribution >= 0.6 is 0 Å². The number of hydrogen-bond acceptors (Lipinski definition) is 3. The molecule has 24 heavy (non-hydrogen) atoms. The molecule has 3 aliphatic rings. The Morgan fingerprint density at radius 2 is 1.79 bits per heavy atom. The molecule has 0 amide bonds. The van der Waals surface area contributed by atoms with Crippen molar-refractivity contribution in [1.29, 1.82) is 0 Å². The third-order valence-electron chi connectivity index (χ3n) is 8.73. The Morgan fingerprint density at radius 3 is 2.33 bits per heavy atom. The standard InChI is InChI=1S/C20H36O3Si/c1-17(2,3)24(7,8)23-16-9-10-19(6)13-11-15(22)20(19,12-14(13)21)18(16,4)5/h13-14,16,21H,9-12H2,1-8H3/t13-,14+,16-,19+,20-/m0/s1. The molecule has 0 radical (unpaired) electrons. The van der Waals surface area contributed by atoms with Gasteiger partial charge in [0.25, 0.3) is 0 Å². The summed E-state index contributed by atoms with van der Waals surface area (Å²) in [5.41, 5.74) is -0.686. The molecule has 0 aromatic heterocycles. The molecule has 4 heteroatoms. The summed E-state index contributed by atoms with van der Waals surface area (Å²) in [6, 6.07) is 0. The molecule has 0 aromatic rings. The lowest BCUT2D eigenvalue weighted by Crippen LogP contribution is -2.61. The van der Waals surface area contributed by atoms with Crippen molar-refractivity contribution in [2.45, 2.75) is 97.6 Å². The molecule has 3 aliphatic carbocycles. The van der Waals surface area contributed by atoms with Crippen LogP contribution in [-0.4, -0.2) is 31.4 Å². The lowest BCUT2D eigenvalue weighted by atomic mass is 9.47. The predicted molar refractivity (Wildman–Crippen MR) is 99.4 cm³/mol. The van der Waals surface area contributed by atoms with Gasteiger partial charge >= 0.3 is 0 Å². The van der Waals surface area contributed by atoms with Crippen LogP contribution in [0.2, 0.25) is 18.1 Å². The van der Waals surface area contributed by atoms with Crippen molar-refractivity contribution >= 4 is 14.1 Å². The molecule has 3 saturated carbocycles. The van der Waals surface area contributed by atoms with E-state index in [9.17, 15) is 9.90 Å². The topological polar surface area (TPSA) is 46.5 Å². The molecule has 3 nitrogen and oxygen atoms in total. The van der Waals surface area contributed by atoms with Crippen LogP contribution in [0.5, 0.6) is 0 Å². The first kappa shape index (κ1) is 18.6. The fraction of sp³-hybridized carbons (Fsp3) is 0.950. The van der Waals surface area contributed by atoms with E-state index >= 15 is 0 Å². The minimum Gasteiger partial charge on any atom is -0.413 e. The van der Waals surface area contributed by atoms with Gasteiger partial charge in [-0.25, -0.2) is 0 Å². The summed E-state index contributed by atoms with van der Waals surface area (Å²) < 4.78 is 6.85. The van der Waals surface area contributed by atoms with Crippen molar-refractivity contribution in [3.8, 4) is 0 Å². The van der Waals surface area contributed by atoms with Crippen molar-refractivity contribution in [2.24, 2.45) is 22.2 Å². The lowest BCUT2D eigenvalue weighted by Gasteiger charge is -2.59. The number of ketones is 1. The maximum Gasteiger partial charge on any atom is 0.192 e. The zero-order valence-electron chi connectivity index (χ0n) is 16.8. The highest BCUT2D eigenvalue weighted by molar-refractivity contribution is 6.74. The van der Waals surface area contributed by atoms with Crippen LogP contribution in [0.25, 0.3) is 0 Å². The van der Waals surface area contributed by atoms with Crippen LogP contribution in [0.3, 0.4) is 0 Å². The van der Waals surface area contributed by atoms with Gasteiger partial charge in [-0.2, -0.15) is 0 Å². The molecule has 3 rings (SSSR count). The Kier molecular flexibility index (Phi) is 3.84. The van der Waals surface area contributed by atoms with E-state index in [1.54, 1.807) is 0 Å². The van der Waals surface area contributed by atoms with Crippen LogP contribution in [0, 0.1) is 22.2 Å². The first-order chi connectivity index (χ1) is 10.7. The highest BCUT2D eigenvalue weighted by Crippen LogP contribution is 2.75. The SMILES string of the molecule is CC1(C)[C@@H](O[Si](C)(C)C(C)(C)C)CC[C@]2(C)[C@H]3CC(=O)[C@@]12C[C@H]3O. The van der Waals surface area contributed by atoms with E-state index in [1.165, 1.54) is 0 Å². The van der Waals surface area contributed by atoms with E-state index < -0.39 is 13.7 Å². The van der Waals surface area contributed by atoms with E-state index in [-0.39, 0.29) is 34.0 Å². The Balaban J connectivity index is 2.00. The van der Waals surface area contributed by atoms with Crippen LogP contribution < -0.4 is 0 Å². The highest BCUT2D eigenvalue weighted by Gasteiger charge is 2.77. The van der Waals surface area contributed by atoms with Gasteiger partial charge in [0.15, 0.2) is 8.32 Å². The maximum absolute atomic E-state index is 13.1. The molecule has 2 bridgehead atoms. The smallest absolute Gasteiger partial charge is 0.192 e. The van der Waals surface area contributed by atoms with Gasteiger partial charge in [0.2, 0.25) is 0 Å². The fourth-order valence-corrected chi connectivity index (χ4v) is 7.64. The number of aliphatic hydroxyl groups is 1. The summed E-state index contributed by atoms with van der Waals surface area (Å²) in [7, 11) is -1.89. The Labute approximate surface area is 148 Å². The number of aliphatic hydroxyl groups excluding tert-OH is 1. The van der Waals surface area contributed by atoms with Crippen molar-refractivity contribution in [1.82, 2.24) is 0 Å². The van der Waals surface area contributed by atoms with Crippen LogP contribution in [0.15, 0.2) is 0 Å². The van der Waals surface area contributed by atoms with Gasteiger partial charge in [-0.3, -0.25) is 4.79 Å². The Hall–Kier alpha value is -0.193. The Morgan fingerprint density at radius 1 is 1.21 bits per heavy atom. The molecule has 1 N–H and O–H groups in total. The first-order valence-corrected chi connectivity index (χ1v) is 12.5. The summed E-state index contributed by atoms with van der Waals surface area (Å²) in [5, 5.41) is 10.8. The molecule has 0 aliphatic heterocycles. The third-order valence-corrected chi connectivity index (χ3v) is 13.2. The van der Waals surface area contributed by atoms with Gasteiger partial charge in [-0.05, 0) is 48.7 Å². The average Bonchev–Trinajstić information content (AvgIpc) is 2.77. The maximum atomic E-state index is 13.1. The molecule has 0 aromatic carbocycles.